The summed E-state index contributed by atoms with van der Waals surface area (Å²) in [6.45, 7) is 3.86. The third kappa shape index (κ3) is 2.10. The molecule has 0 amide bonds. The van der Waals surface area contributed by atoms with Crippen molar-refractivity contribution in [3.05, 3.63) is 47.5 Å². The molecule has 108 valence electrons. The Balaban J connectivity index is 2.51. The van der Waals surface area contributed by atoms with E-state index in [0.29, 0.717) is 5.75 Å². The van der Waals surface area contributed by atoms with Gasteiger partial charge < -0.3 is 14.9 Å². The summed E-state index contributed by atoms with van der Waals surface area (Å²) in [6, 6.07) is 11.1. The van der Waals surface area contributed by atoms with E-state index in [1.807, 2.05) is 32.0 Å². The average Bonchev–Trinajstić information content (AvgIpc) is 2.48. The predicted octanol–water partition coefficient (Wildman–Crippen LogP) is 4.42. The predicted molar refractivity (Wildman–Crippen MR) is 84.9 cm³/mol. The number of methoxy groups -OCH3 is 1. The third-order valence-electron chi connectivity index (χ3n) is 4.16. The molecule has 21 heavy (non-hydrogen) atoms. The number of hydrogen-bond donors (Lipinski definition) is 2. The molecule has 0 radical (unpaired) electrons. The first-order chi connectivity index (χ1) is 10.0. The van der Waals surface area contributed by atoms with Crippen molar-refractivity contribution in [2.24, 2.45) is 0 Å². The second-order valence-corrected chi connectivity index (χ2v) is 5.38. The minimum Gasteiger partial charge on any atom is -0.508 e. The summed E-state index contributed by atoms with van der Waals surface area (Å²) >= 11 is 0. The molecular weight excluding hydrogens is 264 g/mol. The van der Waals surface area contributed by atoms with Crippen LogP contribution in [-0.4, -0.2) is 17.3 Å². The highest BCUT2D eigenvalue weighted by molar-refractivity contribution is 6.11. The number of phenols is 2. The Hall–Kier alpha value is -2.26. The van der Waals surface area contributed by atoms with E-state index in [4.69, 9.17) is 4.74 Å². The van der Waals surface area contributed by atoms with Crippen LogP contribution in [0.2, 0.25) is 0 Å². The Labute approximate surface area is 123 Å². The summed E-state index contributed by atoms with van der Waals surface area (Å²) < 4.78 is 5.44. The van der Waals surface area contributed by atoms with E-state index in [2.05, 4.69) is 0 Å². The molecule has 0 aromatic heterocycles. The Bertz CT molecular complexity index is 837. The van der Waals surface area contributed by atoms with E-state index in [1.54, 1.807) is 25.3 Å². The van der Waals surface area contributed by atoms with Crippen LogP contribution >= 0.6 is 0 Å². The van der Waals surface area contributed by atoms with Crippen molar-refractivity contribution in [2.75, 3.05) is 7.11 Å². The van der Waals surface area contributed by atoms with Gasteiger partial charge in [0.1, 0.15) is 11.5 Å². The fourth-order valence-corrected chi connectivity index (χ4v) is 2.88. The molecule has 0 saturated heterocycles. The Morgan fingerprint density at radius 1 is 1.00 bits per heavy atom. The highest BCUT2D eigenvalue weighted by atomic mass is 16.5. The maximum atomic E-state index is 9.93. The molecule has 0 aliphatic carbocycles. The lowest BCUT2D eigenvalue weighted by Gasteiger charge is -2.16. The second-order valence-electron chi connectivity index (χ2n) is 5.38. The Kier molecular flexibility index (Phi) is 3.22. The number of phenolic OH excluding ortho intramolecular Hbond substituents is 2. The highest BCUT2D eigenvalue weighted by Gasteiger charge is 2.14. The number of benzene rings is 3. The first-order valence-electron chi connectivity index (χ1n) is 6.93. The summed E-state index contributed by atoms with van der Waals surface area (Å²) in [5, 5.41) is 23.9. The van der Waals surface area contributed by atoms with Gasteiger partial charge in [-0.2, -0.15) is 0 Å². The van der Waals surface area contributed by atoms with Crippen molar-refractivity contribution < 1.29 is 14.9 Å². The van der Waals surface area contributed by atoms with Crippen molar-refractivity contribution >= 4 is 21.5 Å². The molecule has 3 aromatic carbocycles. The zero-order chi connectivity index (χ0) is 15.1. The molecule has 0 bridgehead atoms. The fourth-order valence-electron chi connectivity index (χ4n) is 2.88. The van der Waals surface area contributed by atoms with Gasteiger partial charge in [0.05, 0.1) is 6.10 Å². The standard InChI is InChI=1S/C18H18O3/c1-10-14-5-4-12-8-13(19)9-16(11(2)21-3)18(12)15(14)6-7-17(10)20/h4-9,11,19-20H,1-3H3. The number of aryl methyl sites for hydroxylation is 1. The van der Waals surface area contributed by atoms with Crippen LogP contribution in [0.15, 0.2) is 36.4 Å². The molecule has 0 spiro atoms. The van der Waals surface area contributed by atoms with E-state index in [1.165, 1.54) is 0 Å². The van der Waals surface area contributed by atoms with Crippen molar-refractivity contribution in [3.63, 3.8) is 0 Å². The third-order valence-corrected chi connectivity index (χ3v) is 4.16. The van der Waals surface area contributed by atoms with Crippen LogP contribution in [0, 0.1) is 6.92 Å². The van der Waals surface area contributed by atoms with Crippen molar-refractivity contribution in [1.82, 2.24) is 0 Å². The summed E-state index contributed by atoms with van der Waals surface area (Å²) in [4.78, 5) is 0. The van der Waals surface area contributed by atoms with Gasteiger partial charge in [-0.3, -0.25) is 0 Å². The lowest BCUT2D eigenvalue weighted by Crippen LogP contribution is -1.98. The second kappa shape index (κ2) is 4.93. The summed E-state index contributed by atoms with van der Waals surface area (Å²) in [6.07, 6.45) is -0.126. The van der Waals surface area contributed by atoms with E-state index < -0.39 is 0 Å². The molecule has 0 saturated carbocycles. The lowest BCUT2D eigenvalue weighted by atomic mass is 9.93. The van der Waals surface area contributed by atoms with Gasteiger partial charge in [0, 0.05) is 7.11 Å². The molecule has 1 atom stereocenters. The SMILES string of the molecule is COC(C)c1cc(O)cc2ccc3c(C)c(O)ccc3c12. The Morgan fingerprint density at radius 3 is 2.43 bits per heavy atom. The number of fused-ring (bicyclic) bond motifs is 3. The lowest BCUT2D eigenvalue weighted by molar-refractivity contribution is 0.120. The topological polar surface area (TPSA) is 49.7 Å². The quantitative estimate of drug-likeness (QED) is 0.684. The minimum absolute atomic E-state index is 0.126. The van der Waals surface area contributed by atoms with Crippen LogP contribution in [0.3, 0.4) is 0 Å². The largest absolute Gasteiger partial charge is 0.508 e. The van der Waals surface area contributed by atoms with Crippen LogP contribution in [0.4, 0.5) is 0 Å². The van der Waals surface area contributed by atoms with Gasteiger partial charge >= 0.3 is 0 Å². The molecule has 0 aliphatic rings. The molecule has 3 rings (SSSR count). The minimum atomic E-state index is -0.126. The van der Waals surface area contributed by atoms with Crippen LogP contribution < -0.4 is 0 Å². The summed E-state index contributed by atoms with van der Waals surface area (Å²) in [5.74, 6) is 0.526. The molecule has 0 fully saturated rings. The average molecular weight is 282 g/mol. The number of hydrogen-bond acceptors (Lipinski definition) is 3. The highest BCUT2D eigenvalue weighted by Crippen LogP contribution is 2.37. The first-order valence-corrected chi connectivity index (χ1v) is 6.93. The number of ether oxygens (including phenoxy) is 1. The van der Waals surface area contributed by atoms with Gasteiger partial charge in [0.2, 0.25) is 0 Å². The fraction of sp³-hybridized carbons (Fsp3) is 0.222. The monoisotopic (exact) mass is 282 g/mol. The van der Waals surface area contributed by atoms with Crippen molar-refractivity contribution in [2.45, 2.75) is 20.0 Å². The molecule has 3 aromatic rings. The van der Waals surface area contributed by atoms with E-state index in [9.17, 15) is 10.2 Å². The molecule has 0 heterocycles. The maximum absolute atomic E-state index is 9.93. The van der Waals surface area contributed by atoms with Crippen LogP contribution in [0.5, 0.6) is 11.5 Å². The van der Waals surface area contributed by atoms with E-state index in [0.717, 1.165) is 32.7 Å². The van der Waals surface area contributed by atoms with Gasteiger partial charge in [-0.1, -0.05) is 18.2 Å². The van der Waals surface area contributed by atoms with Crippen molar-refractivity contribution in [3.8, 4) is 11.5 Å². The maximum Gasteiger partial charge on any atom is 0.119 e. The molecule has 1 unspecified atom stereocenters. The molecule has 0 aliphatic heterocycles. The summed E-state index contributed by atoms with van der Waals surface area (Å²) in [5.41, 5.74) is 1.81. The Morgan fingerprint density at radius 2 is 1.71 bits per heavy atom. The summed E-state index contributed by atoms with van der Waals surface area (Å²) in [7, 11) is 1.66. The van der Waals surface area contributed by atoms with Gasteiger partial charge in [0.15, 0.2) is 0 Å². The smallest absolute Gasteiger partial charge is 0.119 e. The zero-order valence-electron chi connectivity index (χ0n) is 12.3. The molecular formula is C18H18O3. The van der Waals surface area contributed by atoms with E-state index >= 15 is 0 Å². The molecule has 3 nitrogen and oxygen atoms in total. The number of rotatable bonds is 2. The van der Waals surface area contributed by atoms with Gasteiger partial charge in [0.25, 0.3) is 0 Å². The van der Waals surface area contributed by atoms with Gasteiger partial charge in [-0.15, -0.1) is 0 Å². The van der Waals surface area contributed by atoms with Gasteiger partial charge in [-0.25, -0.2) is 0 Å². The van der Waals surface area contributed by atoms with Crippen LogP contribution in [0.1, 0.15) is 24.2 Å². The first kappa shape index (κ1) is 13.7. The number of aromatic hydroxyl groups is 2. The molecule has 2 N–H and O–H groups in total. The van der Waals surface area contributed by atoms with Gasteiger partial charge in [-0.05, 0) is 64.7 Å². The van der Waals surface area contributed by atoms with Crippen LogP contribution in [-0.2, 0) is 4.74 Å². The normalized spacial score (nSPS) is 12.9. The van der Waals surface area contributed by atoms with E-state index in [-0.39, 0.29) is 11.9 Å². The zero-order valence-corrected chi connectivity index (χ0v) is 12.3. The van der Waals surface area contributed by atoms with Crippen molar-refractivity contribution in [1.29, 1.82) is 0 Å². The van der Waals surface area contributed by atoms with Crippen LogP contribution in [0.25, 0.3) is 21.5 Å². The molecule has 3 heteroatoms.